The minimum atomic E-state index is -4.49. The molecule has 0 fully saturated rings. The van der Waals surface area contributed by atoms with Gasteiger partial charge in [0.1, 0.15) is 6.10 Å². The number of benzene rings is 1. The molecule has 0 saturated carbocycles. The normalized spacial score (nSPS) is 15.8. The van der Waals surface area contributed by atoms with Crippen molar-refractivity contribution in [3.8, 4) is 0 Å². The van der Waals surface area contributed by atoms with Gasteiger partial charge in [0.05, 0.1) is 0 Å². The molecule has 0 aliphatic carbocycles. The van der Waals surface area contributed by atoms with Gasteiger partial charge in [-0.1, -0.05) is 30.3 Å². The molecule has 3 N–H and O–H groups in total. The minimum absolute atomic E-state index is 0.199. The van der Waals surface area contributed by atoms with E-state index in [4.69, 9.17) is 14.3 Å². The minimum Gasteiger partial charge on any atom is -0.314 e. The van der Waals surface area contributed by atoms with Crippen LogP contribution < -0.4 is 5.32 Å². The summed E-state index contributed by atoms with van der Waals surface area (Å²) in [6, 6.07) is 8.78. The number of nitrogens with one attached hydrogen (secondary N) is 1. The van der Waals surface area contributed by atoms with Crippen LogP contribution >= 0.6 is 7.82 Å². The van der Waals surface area contributed by atoms with Crippen LogP contribution in [0.3, 0.4) is 0 Å². The monoisotopic (exact) mass is 245 g/mol. The standard InChI is InChI=1S/C10H16NO4P/c1-8(11-2)10(15-16(12,13)14)9-6-4-3-5-7-9/h3-8,10-11H,1-2H3,(H2,12,13,14)/t8-,10-/m0/s1. The van der Waals surface area contributed by atoms with Crippen LogP contribution in [0, 0.1) is 0 Å². The van der Waals surface area contributed by atoms with E-state index in [1.807, 2.05) is 6.07 Å². The third-order valence-corrected chi connectivity index (χ3v) is 2.79. The lowest BCUT2D eigenvalue weighted by atomic mass is 10.0. The number of hydrogen-bond donors (Lipinski definition) is 3. The molecule has 0 heterocycles. The molecular formula is C10H16NO4P. The van der Waals surface area contributed by atoms with E-state index in [-0.39, 0.29) is 6.04 Å². The summed E-state index contributed by atoms with van der Waals surface area (Å²) in [6.45, 7) is 1.80. The zero-order valence-corrected chi connectivity index (χ0v) is 10.1. The Morgan fingerprint density at radius 3 is 2.31 bits per heavy atom. The predicted molar refractivity (Wildman–Crippen MR) is 60.8 cm³/mol. The van der Waals surface area contributed by atoms with Gasteiger partial charge in [-0.3, -0.25) is 4.52 Å². The first-order valence-electron chi connectivity index (χ1n) is 4.90. The number of phosphoric acid groups is 1. The Balaban J connectivity index is 2.93. The van der Waals surface area contributed by atoms with Crippen LogP contribution in [0.15, 0.2) is 30.3 Å². The van der Waals surface area contributed by atoms with Gasteiger partial charge in [-0.2, -0.15) is 0 Å². The highest BCUT2D eigenvalue weighted by Crippen LogP contribution is 2.43. The molecule has 6 heteroatoms. The Labute approximate surface area is 94.7 Å². The largest absolute Gasteiger partial charge is 0.470 e. The first kappa shape index (κ1) is 13.4. The second-order valence-electron chi connectivity index (χ2n) is 3.50. The lowest BCUT2D eigenvalue weighted by Gasteiger charge is -2.24. The average Bonchev–Trinajstić information content (AvgIpc) is 2.25. The van der Waals surface area contributed by atoms with Crippen LogP contribution in [0.4, 0.5) is 0 Å². The van der Waals surface area contributed by atoms with Gasteiger partial charge in [0.15, 0.2) is 0 Å². The van der Waals surface area contributed by atoms with E-state index in [9.17, 15) is 4.57 Å². The number of rotatable bonds is 5. The van der Waals surface area contributed by atoms with E-state index in [2.05, 4.69) is 5.32 Å². The fraction of sp³-hybridized carbons (Fsp3) is 0.400. The molecule has 16 heavy (non-hydrogen) atoms. The van der Waals surface area contributed by atoms with Crippen LogP contribution in [0.5, 0.6) is 0 Å². The van der Waals surface area contributed by atoms with Gasteiger partial charge in [0, 0.05) is 6.04 Å². The topological polar surface area (TPSA) is 78.8 Å². The zero-order valence-electron chi connectivity index (χ0n) is 9.20. The Hall–Kier alpha value is -0.710. The van der Waals surface area contributed by atoms with E-state index in [0.29, 0.717) is 0 Å². The van der Waals surface area contributed by atoms with E-state index >= 15 is 0 Å². The predicted octanol–water partition coefficient (Wildman–Crippen LogP) is 1.44. The lowest BCUT2D eigenvalue weighted by molar-refractivity contribution is 0.110. The maximum absolute atomic E-state index is 10.9. The number of phosphoric ester groups is 1. The summed E-state index contributed by atoms with van der Waals surface area (Å²) in [4.78, 5) is 17.7. The van der Waals surface area contributed by atoms with Crippen molar-refractivity contribution in [3.05, 3.63) is 35.9 Å². The maximum atomic E-state index is 10.9. The van der Waals surface area contributed by atoms with Crippen LogP contribution in [0.2, 0.25) is 0 Å². The quantitative estimate of drug-likeness (QED) is 0.684. The molecule has 1 rings (SSSR count). The SMILES string of the molecule is CN[C@@H](C)[C@H](OP(=O)(O)O)c1ccccc1. The summed E-state index contributed by atoms with van der Waals surface area (Å²) in [5.41, 5.74) is 0.729. The van der Waals surface area contributed by atoms with Gasteiger partial charge in [-0.15, -0.1) is 0 Å². The van der Waals surface area contributed by atoms with Gasteiger partial charge in [0.2, 0.25) is 0 Å². The third kappa shape index (κ3) is 4.04. The average molecular weight is 245 g/mol. The third-order valence-electron chi connectivity index (χ3n) is 2.29. The molecular weight excluding hydrogens is 229 g/mol. The van der Waals surface area contributed by atoms with Crippen LogP contribution in [-0.2, 0) is 9.09 Å². The van der Waals surface area contributed by atoms with E-state index in [1.165, 1.54) is 0 Å². The molecule has 0 bridgehead atoms. The van der Waals surface area contributed by atoms with Crippen LogP contribution in [0.25, 0.3) is 0 Å². The van der Waals surface area contributed by atoms with E-state index < -0.39 is 13.9 Å². The van der Waals surface area contributed by atoms with Crippen molar-refractivity contribution in [2.45, 2.75) is 19.1 Å². The van der Waals surface area contributed by atoms with Gasteiger partial charge >= 0.3 is 7.82 Å². The molecule has 0 aliphatic rings. The van der Waals surface area contributed by atoms with E-state index in [0.717, 1.165) is 5.56 Å². The van der Waals surface area contributed by atoms with Gasteiger partial charge in [-0.05, 0) is 19.5 Å². The highest BCUT2D eigenvalue weighted by atomic mass is 31.2. The van der Waals surface area contributed by atoms with Gasteiger partial charge in [-0.25, -0.2) is 4.57 Å². The number of likely N-dealkylation sites (N-methyl/N-ethyl adjacent to an activating group) is 1. The Bertz CT molecular complexity index is 364. The van der Waals surface area contributed by atoms with Crippen molar-refractivity contribution in [1.29, 1.82) is 0 Å². The summed E-state index contributed by atoms with van der Waals surface area (Å²) in [6.07, 6.45) is -0.674. The maximum Gasteiger partial charge on any atom is 0.470 e. The Kier molecular flexibility index (Phi) is 4.65. The second-order valence-corrected chi connectivity index (χ2v) is 4.70. The summed E-state index contributed by atoms with van der Waals surface area (Å²) in [7, 11) is -2.78. The molecule has 1 aromatic carbocycles. The molecule has 0 aliphatic heterocycles. The van der Waals surface area contributed by atoms with Crippen LogP contribution in [-0.4, -0.2) is 22.9 Å². The molecule has 0 amide bonds. The molecule has 1 aromatic rings. The van der Waals surface area contributed by atoms with Gasteiger partial charge < -0.3 is 15.1 Å². The molecule has 0 saturated heterocycles. The van der Waals surface area contributed by atoms with Crippen LogP contribution in [0.1, 0.15) is 18.6 Å². The first-order chi connectivity index (χ1) is 7.44. The van der Waals surface area contributed by atoms with Crippen molar-refractivity contribution >= 4 is 7.82 Å². The number of hydrogen-bond acceptors (Lipinski definition) is 3. The summed E-state index contributed by atoms with van der Waals surface area (Å²) in [5.74, 6) is 0. The lowest BCUT2D eigenvalue weighted by Crippen LogP contribution is -2.30. The molecule has 0 aromatic heterocycles. The molecule has 0 unspecified atom stereocenters. The molecule has 0 spiro atoms. The van der Waals surface area contributed by atoms with Crippen molar-refractivity contribution in [2.24, 2.45) is 0 Å². The van der Waals surface area contributed by atoms with Crippen molar-refractivity contribution in [1.82, 2.24) is 5.32 Å². The summed E-state index contributed by atoms with van der Waals surface area (Å²) < 4.78 is 15.7. The molecule has 5 nitrogen and oxygen atoms in total. The fourth-order valence-electron chi connectivity index (χ4n) is 1.38. The first-order valence-corrected chi connectivity index (χ1v) is 6.43. The second kappa shape index (κ2) is 5.57. The smallest absolute Gasteiger partial charge is 0.314 e. The molecule has 90 valence electrons. The Morgan fingerprint density at radius 1 is 1.31 bits per heavy atom. The zero-order chi connectivity index (χ0) is 12.2. The highest BCUT2D eigenvalue weighted by Gasteiger charge is 2.27. The van der Waals surface area contributed by atoms with Crippen molar-refractivity contribution < 1.29 is 18.9 Å². The van der Waals surface area contributed by atoms with E-state index in [1.54, 1.807) is 38.2 Å². The molecule has 2 atom stereocenters. The van der Waals surface area contributed by atoms with Crippen molar-refractivity contribution in [2.75, 3.05) is 7.05 Å². The fourth-order valence-corrected chi connectivity index (χ4v) is 1.98. The summed E-state index contributed by atoms with van der Waals surface area (Å²) in [5, 5.41) is 2.92. The van der Waals surface area contributed by atoms with Crippen molar-refractivity contribution in [3.63, 3.8) is 0 Å². The van der Waals surface area contributed by atoms with Gasteiger partial charge in [0.25, 0.3) is 0 Å². The Morgan fingerprint density at radius 2 is 1.88 bits per heavy atom. The summed E-state index contributed by atoms with van der Waals surface area (Å²) >= 11 is 0. The molecule has 0 radical (unpaired) electrons. The highest BCUT2D eigenvalue weighted by molar-refractivity contribution is 7.46.